The lowest BCUT2D eigenvalue weighted by Crippen LogP contribution is -2.46. The van der Waals surface area contributed by atoms with Crippen LogP contribution in [-0.4, -0.2) is 32.9 Å². The van der Waals surface area contributed by atoms with E-state index >= 15 is 0 Å². The largest absolute Gasteiger partial charge is 0.479 e. The van der Waals surface area contributed by atoms with Gasteiger partial charge in [0.1, 0.15) is 0 Å². The minimum atomic E-state index is -2.71. The molecule has 0 saturated heterocycles. The summed E-state index contributed by atoms with van der Waals surface area (Å²) < 4.78 is 0. The molecule has 0 aromatic carbocycles. The molecule has 0 radical (unpaired) electrons. The minimum Gasteiger partial charge on any atom is -0.479 e. The van der Waals surface area contributed by atoms with Gasteiger partial charge in [-0.05, 0) is 13.8 Å². The summed E-state index contributed by atoms with van der Waals surface area (Å²) in [5.74, 6) is -3.50. The van der Waals surface area contributed by atoms with Crippen molar-refractivity contribution in [2.75, 3.05) is 0 Å². The van der Waals surface area contributed by atoms with E-state index in [4.69, 9.17) is 10.2 Å². The number of allylic oxidation sites excluding steroid dienone is 1. The molecule has 0 bridgehead atoms. The van der Waals surface area contributed by atoms with Gasteiger partial charge in [-0.15, -0.1) is 0 Å². The molecule has 3 N–H and O–H groups in total. The molecule has 0 aliphatic heterocycles. The Morgan fingerprint density at radius 1 is 1.23 bits per heavy atom. The Kier molecular flexibility index (Phi) is 3.62. The van der Waals surface area contributed by atoms with Crippen molar-refractivity contribution < 1.29 is 24.9 Å². The van der Waals surface area contributed by atoms with Crippen LogP contribution in [0.1, 0.15) is 20.3 Å². The van der Waals surface area contributed by atoms with Crippen LogP contribution in [-0.2, 0) is 9.59 Å². The normalized spacial score (nSPS) is 10.7. The SMILES string of the molecule is CC(C)=CCC(O)(C(=O)O)C(=O)O. The quantitative estimate of drug-likeness (QED) is 0.434. The fourth-order valence-corrected chi connectivity index (χ4v) is 0.618. The van der Waals surface area contributed by atoms with E-state index < -0.39 is 24.0 Å². The molecule has 0 heterocycles. The highest BCUT2D eigenvalue weighted by atomic mass is 16.4. The van der Waals surface area contributed by atoms with Gasteiger partial charge in [0, 0.05) is 6.42 Å². The van der Waals surface area contributed by atoms with Crippen molar-refractivity contribution in [3.8, 4) is 0 Å². The first-order chi connectivity index (χ1) is 5.80. The summed E-state index contributed by atoms with van der Waals surface area (Å²) in [5, 5.41) is 26.1. The number of hydrogen-bond acceptors (Lipinski definition) is 3. The van der Waals surface area contributed by atoms with Crippen LogP contribution in [0, 0.1) is 0 Å². The molecule has 0 aliphatic rings. The Morgan fingerprint density at radius 2 is 1.62 bits per heavy atom. The lowest BCUT2D eigenvalue weighted by atomic mass is 9.99. The molecule has 0 aromatic rings. The Labute approximate surface area is 75.3 Å². The van der Waals surface area contributed by atoms with Crippen molar-refractivity contribution in [2.45, 2.75) is 25.9 Å². The highest BCUT2D eigenvalue weighted by molar-refractivity contribution is 6.01. The van der Waals surface area contributed by atoms with Gasteiger partial charge >= 0.3 is 11.9 Å². The molecular weight excluding hydrogens is 176 g/mol. The Balaban J connectivity index is 4.73. The van der Waals surface area contributed by atoms with E-state index in [1.165, 1.54) is 6.08 Å². The number of aliphatic hydroxyl groups is 1. The molecule has 5 heteroatoms. The maximum absolute atomic E-state index is 10.4. The average molecular weight is 188 g/mol. The van der Waals surface area contributed by atoms with E-state index in [9.17, 15) is 14.7 Å². The zero-order valence-corrected chi connectivity index (χ0v) is 7.44. The summed E-state index contributed by atoms with van der Waals surface area (Å²) in [6.07, 6.45) is 0.933. The van der Waals surface area contributed by atoms with Gasteiger partial charge in [-0.1, -0.05) is 11.6 Å². The molecule has 0 rings (SSSR count). The van der Waals surface area contributed by atoms with Gasteiger partial charge in [-0.25, -0.2) is 9.59 Å². The summed E-state index contributed by atoms with van der Waals surface area (Å²) >= 11 is 0. The third kappa shape index (κ3) is 2.87. The van der Waals surface area contributed by atoms with Crippen molar-refractivity contribution in [2.24, 2.45) is 0 Å². The fraction of sp³-hybridized carbons (Fsp3) is 0.500. The molecule has 0 fully saturated rings. The predicted octanol–water partition coefficient (Wildman–Crippen LogP) is 0.243. The standard InChI is InChI=1S/C8H12O5/c1-5(2)3-4-8(13,6(9)10)7(11)12/h3,13H,4H2,1-2H3,(H,9,10)(H,11,12). The zero-order valence-electron chi connectivity index (χ0n) is 7.44. The lowest BCUT2D eigenvalue weighted by molar-refractivity contribution is -0.175. The van der Waals surface area contributed by atoms with Crippen LogP contribution in [0.25, 0.3) is 0 Å². The van der Waals surface area contributed by atoms with Crippen LogP contribution in [0.3, 0.4) is 0 Å². The van der Waals surface area contributed by atoms with Crippen molar-refractivity contribution >= 4 is 11.9 Å². The predicted molar refractivity (Wildman–Crippen MR) is 44.3 cm³/mol. The molecule has 0 atom stereocenters. The molecule has 0 aliphatic carbocycles. The third-order valence-corrected chi connectivity index (χ3v) is 1.51. The molecule has 0 amide bonds. The first kappa shape index (κ1) is 11.6. The van der Waals surface area contributed by atoms with E-state index in [1.54, 1.807) is 13.8 Å². The second kappa shape index (κ2) is 4.04. The number of hydrogen-bond donors (Lipinski definition) is 3. The van der Waals surface area contributed by atoms with Gasteiger partial charge in [-0.3, -0.25) is 0 Å². The van der Waals surface area contributed by atoms with Crippen LogP contribution in [0.5, 0.6) is 0 Å². The van der Waals surface area contributed by atoms with Crippen LogP contribution in [0.4, 0.5) is 0 Å². The van der Waals surface area contributed by atoms with Crippen LogP contribution >= 0.6 is 0 Å². The second-order valence-electron chi connectivity index (χ2n) is 2.96. The van der Waals surface area contributed by atoms with E-state index in [-0.39, 0.29) is 0 Å². The highest BCUT2D eigenvalue weighted by Crippen LogP contribution is 2.13. The summed E-state index contributed by atoms with van der Waals surface area (Å²) in [6, 6.07) is 0. The maximum Gasteiger partial charge on any atom is 0.347 e. The zero-order chi connectivity index (χ0) is 10.6. The Bertz CT molecular complexity index is 235. The first-order valence-corrected chi connectivity index (χ1v) is 3.63. The first-order valence-electron chi connectivity index (χ1n) is 3.63. The van der Waals surface area contributed by atoms with Crippen LogP contribution < -0.4 is 0 Å². The summed E-state index contributed by atoms with van der Waals surface area (Å²) in [4.78, 5) is 20.8. The summed E-state index contributed by atoms with van der Waals surface area (Å²) in [7, 11) is 0. The molecule has 0 unspecified atom stereocenters. The number of rotatable bonds is 4. The molecular formula is C8H12O5. The molecule has 0 spiro atoms. The minimum absolute atomic E-state index is 0.431. The number of carbonyl (C=O) groups is 2. The van der Waals surface area contributed by atoms with Gasteiger partial charge in [0.15, 0.2) is 0 Å². The van der Waals surface area contributed by atoms with Gasteiger partial charge in [0.2, 0.25) is 0 Å². The van der Waals surface area contributed by atoms with E-state index in [0.717, 1.165) is 5.57 Å². The summed E-state index contributed by atoms with van der Waals surface area (Å²) in [6.45, 7) is 3.37. The van der Waals surface area contributed by atoms with Gasteiger partial charge < -0.3 is 15.3 Å². The van der Waals surface area contributed by atoms with E-state index in [2.05, 4.69) is 0 Å². The van der Waals surface area contributed by atoms with Gasteiger partial charge in [0.25, 0.3) is 5.60 Å². The Morgan fingerprint density at radius 3 is 1.85 bits per heavy atom. The van der Waals surface area contributed by atoms with E-state index in [1.807, 2.05) is 0 Å². The number of carboxylic acid groups (broad SMARTS) is 2. The maximum atomic E-state index is 10.4. The topological polar surface area (TPSA) is 94.8 Å². The monoisotopic (exact) mass is 188 g/mol. The van der Waals surface area contributed by atoms with Gasteiger partial charge in [-0.2, -0.15) is 0 Å². The van der Waals surface area contributed by atoms with E-state index in [0.29, 0.717) is 0 Å². The molecule has 74 valence electrons. The van der Waals surface area contributed by atoms with Crippen molar-refractivity contribution in [3.05, 3.63) is 11.6 Å². The van der Waals surface area contributed by atoms with Crippen LogP contribution in [0.15, 0.2) is 11.6 Å². The number of carboxylic acids is 2. The molecule has 5 nitrogen and oxygen atoms in total. The second-order valence-corrected chi connectivity index (χ2v) is 2.96. The van der Waals surface area contributed by atoms with Crippen molar-refractivity contribution in [3.63, 3.8) is 0 Å². The van der Waals surface area contributed by atoms with Gasteiger partial charge in [0.05, 0.1) is 0 Å². The smallest absolute Gasteiger partial charge is 0.347 e. The Hall–Kier alpha value is -1.36. The average Bonchev–Trinajstić information content (AvgIpc) is 1.99. The van der Waals surface area contributed by atoms with Crippen LogP contribution in [0.2, 0.25) is 0 Å². The molecule has 0 aromatic heterocycles. The lowest BCUT2D eigenvalue weighted by Gasteiger charge is -2.15. The third-order valence-electron chi connectivity index (χ3n) is 1.51. The van der Waals surface area contributed by atoms with Crippen molar-refractivity contribution in [1.82, 2.24) is 0 Å². The number of aliphatic carboxylic acids is 2. The highest BCUT2D eigenvalue weighted by Gasteiger charge is 2.43. The fourth-order valence-electron chi connectivity index (χ4n) is 0.618. The molecule has 0 saturated carbocycles. The summed E-state index contributed by atoms with van der Waals surface area (Å²) in [5.41, 5.74) is -1.96. The molecule has 13 heavy (non-hydrogen) atoms. The van der Waals surface area contributed by atoms with Crippen molar-refractivity contribution in [1.29, 1.82) is 0 Å².